The van der Waals surface area contributed by atoms with Gasteiger partial charge in [0.25, 0.3) is 0 Å². The molecule has 2 aliphatic heterocycles. The SMILES string of the molecule is C/C=C\C(=C/NN)C(CC(=O)O)NC(=O)C1CCCN(C(=O)CCC2CCNCC2)C1. The molecular weight excluding hydrogens is 398 g/mol. The molecular formula is C22H37N5O4. The van der Waals surface area contributed by atoms with Gasteiger partial charge in [0.2, 0.25) is 11.8 Å². The van der Waals surface area contributed by atoms with Crippen molar-refractivity contribution >= 4 is 17.8 Å². The number of nitrogens with two attached hydrogens (primary N) is 1. The van der Waals surface area contributed by atoms with Gasteiger partial charge in [0, 0.05) is 25.7 Å². The fourth-order valence-corrected chi connectivity index (χ4v) is 4.34. The van der Waals surface area contributed by atoms with E-state index in [1.165, 1.54) is 6.20 Å². The van der Waals surface area contributed by atoms with Crippen LogP contribution in [0.25, 0.3) is 0 Å². The minimum absolute atomic E-state index is 0.111. The van der Waals surface area contributed by atoms with E-state index in [9.17, 15) is 19.5 Å². The number of nitrogens with zero attached hydrogens (tertiary/aromatic N) is 1. The Morgan fingerprint density at radius 2 is 2.00 bits per heavy atom. The maximum Gasteiger partial charge on any atom is 0.305 e. The van der Waals surface area contributed by atoms with Crippen LogP contribution in [0.15, 0.2) is 23.9 Å². The molecule has 0 aromatic rings. The number of carboxylic acid groups (broad SMARTS) is 1. The quantitative estimate of drug-likeness (QED) is 0.195. The molecule has 2 fully saturated rings. The van der Waals surface area contributed by atoms with Crippen molar-refractivity contribution in [1.29, 1.82) is 0 Å². The van der Waals surface area contributed by atoms with Crippen LogP contribution in [0.2, 0.25) is 0 Å². The number of piperidine rings is 2. The fourth-order valence-electron chi connectivity index (χ4n) is 4.34. The second kappa shape index (κ2) is 13.1. The van der Waals surface area contributed by atoms with E-state index in [1.807, 2.05) is 0 Å². The Morgan fingerprint density at radius 3 is 2.65 bits per heavy atom. The number of amides is 2. The summed E-state index contributed by atoms with van der Waals surface area (Å²) in [5.74, 6) is 4.49. The maximum atomic E-state index is 12.9. The number of hydrazine groups is 1. The normalized spacial score (nSPS) is 21.7. The van der Waals surface area contributed by atoms with E-state index in [2.05, 4.69) is 16.1 Å². The molecule has 2 rings (SSSR count). The summed E-state index contributed by atoms with van der Waals surface area (Å²) in [7, 11) is 0. The van der Waals surface area contributed by atoms with Gasteiger partial charge in [-0.3, -0.25) is 20.2 Å². The van der Waals surface area contributed by atoms with Crippen molar-refractivity contribution in [3.63, 3.8) is 0 Å². The molecule has 0 aromatic carbocycles. The Balaban J connectivity index is 1.93. The number of likely N-dealkylation sites (tertiary alicyclic amines) is 1. The van der Waals surface area contributed by atoms with Gasteiger partial charge in [-0.2, -0.15) is 0 Å². The van der Waals surface area contributed by atoms with Crippen molar-refractivity contribution < 1.29 is 19.5 Å². The Kier molecular flexibility index (Phi) is 10.5. The van der Waals surface area contributed by atoms with Crippen LogP contribution in [0.5, 0.6) is 0 Å². The van der Waals surface area contributed by atoms with E-state index in [4.69, 9.17) is 5.84 Å². The van der Waals surface area contributed by atoms with E-state index in [0.717, 1.165) is 38.8 Å². The Bertz CT molecular complexity index is 673. The third-order valence-electron chi connectivity index (χ3n) is 6.08. The van der Waals surface area contributed by atoms with Crippen LogP contribution in [-0.4, -0.2) is 60.0 Å². The molecule has 174 valence electrons. The average molecular weight is 436 g/mol. The van der Waals surface area contributed by atoms with Crippen LogP contribution >= 0.6 is 0 Å². The largest absolute Gasteiger partial charge is 0.481 e. The molecule has 2 heterocycles. The number of allylic oxidation sites excluding steroid dienone is 1. The second-order valence-corrected chi connectivity index (χ2v) is 8.38. The molecule has 0 radical (unpaired) electrons. The van der Waals surface area contributed by atoms with Crippen molar-refractivity contribution in [3.8, 4) is 0 Å². The van der Waals surface area contributed by atoms with Crippen molar-refractivity contribution in [3.05, 3.63) is 23.9 Å². The van der Waals surface area contributed by atoms with Gasteiger partial charge in [0.15, 0.2) is 0 Å². The lowest BCUT2D eigenvalue weighted by atomic mass is 9.92. The van der Waals surface area contributed by atoms with Gasteiger partial charge in [0.1, 0.15) is 0 Å². The summed E-state index contributed by atoms with van der Waals surface area (Å²) in [6, 6.07) is -0.705. The highest BCUT2D eigenvalue weighted by molar-refractivity contribution is 5.82. The number of hydrogen-bond acceptors (Lipinski definition) is 6. The molecule has 0 saturated carbocycles. The monoisotopic (exact) mass is 435 g/mol. The van der Waals surface area contributed by atoms with Gasteiger partial charge in [-0.25, -0.2) is 0 Å². The molecule has 9 heteroatoms. The Morgan fingerprint density at radius 1 is 1.26 bits per heavy atom. The zero-order valence-corrected chi connectivity index (χ0v) is 18.4. The first-order chi connectivity index (χ1) is 14.9. The van der Waals surface area contributed by atoms with Crippen LogP contribution < -0.4 is 21.9 Å². The number of carbonyl (C=O) groups is 3. The zero-order valence-electron chi connectivity index (χ0n) is 18.4. The van der Waals surface area contributed by atoms with E-state index in [0.29, 0.717) is 37.4 Å². The third kappa shape index (κ3) is 8.34. The Labute approximate surface area is 184 Å². The second-order valence-electron chi connectivity index (χ2n) is 8.38. The predicted molar refractivity (Wildman–Crippen MR) is 119 cm³/mol. The highest BCUT2D eigenvalue weighted by atomic mass is 16.4. The van der Waals surface area contributed by atoms with Gasteiger partial charge in [-0.15, -0.1) is 0 Å². The summed E-state index contributed by atoms with van der Waals surface area (Å²) in [5.41, 5.74) is 2.98. The number of hydrogen-bond donors (Lipinski definition) is 5. The molecule has 0 aliphatic carbocycles. The standard InChI is InChI=1S/C22H37N5O4/c1-2-4-17(14-25-23)19(13-21(29)30)26-22(31)18-5-3-12-27(15-18)20(28)7-6-16-8-10-24-11-9-16/h2,4,14,16,18-19,24-25H,3,5-13,15,23H2,1H3,(H,26,31)(H,29,30)/b4-2-,17-14+. The first kappa shape index (κ1) is 24.9. The molecule has 0 bridgehead atoms. The molecule has 2 unspecified atom stereocenters. The van der Waals surface area contributed by atoms with Crippen molar-refractivity contribution in [2.24, 2.45) is 17.7 Å². The van der Waals surface area contributed by atoms with Gasteiger partial charge < -0.3 is 26.1 Å². The molecule has 9 nitrogen and oxygen atoms in total. The van der Waals surface area contributed by atoms with Gasteiger partial charge in [-0.05, 0) is 63.6 Å². The molecule has 2 aliphatic rings. The smallest absolute Gasteiger partial charge is 0.305 e. The lowest BCUT2D eigenvalue weighted by Gasteiger charge is -2.33. The summed E-state index contributed by atoms with van der Waals surface area (Å²) >= 11 is 0. The number of aliphatic carboxylic acids is 1. The lowest BCUT2D eigenvalue weighted by Crippen LogP contribution is -2.48. The molecule has 6 N–H and O–H groups in total. The third-order valence-corrected chi connectivity index (χ3v) is 6.08. The first-order valence-corrected chi connectivity index (χ1v) is 11.2. The Hall–Kier alpha value is -2.39. The topological polar surface area (TPSA) is 137 Å². The fraction of sp³-hybridized carbons (Fsp3) is 0.682. The van der Waals surface area contributed by atoms with Crippen LogP contribution in [0.1, 0.15) is 51.9 Å². The summed E-state index contributed by atoms with van der Waals surface area (Å²) in [6.07, 6.45) is 9.80. The molecule has 0 aromatic heterocycles. The number of carboxylic acids is 1. The first-order valence-electron chi connectivity index (χ1n) is 11.2. The lowest BCUT2D eigenvalue weighted by molar-refractivity contribution is -0.137. The minimum atomic E-state index is -1.02. The number of carbonyl (C=O) groups excluding carboxylic acids is 2. The van der Waals surface area contributed by atoms with Crippen molar-refractivity contribution in [1.82, 2.24) is 21.0 Å². The number of rotatable bonds is 10. The molecule has 31 heavy (non-hydrogen) atoms. The number of nitrogens with one attached hydrogen (secondary N) is 3. The highest BCUT2D eigenvalue weighted by Gasteiger charge is 2.30. The minimum Gasteiger partial charge on any atom is -0.481 e. The van der Waals surface area contributed by atoms with Crippen LogP contribution in [0.4, 0.5) is 0 Å². The highest BCUT2D eigenvalue weighted by Crippen LogP contribution is 2.22. The van der Waals surface area contributed by atoms with Crippen LogP contribution in [-0.2, 0) is 14.4 Å². The molecule has 2 amide bonds. The summed E-state index contributed by atoms with van der Waals surface area (Å²) in [5, 5.41) is 15.5. The van der Waals surface area contributed by atoms with E-state index >= 15 is 0 Å². The molecule has 2 saturated heterocycles. The van der Waals surface area contributed by atoms with Crippen molar-refractivity contribution in [2.75, 3.05) is 26.2 Å². The molecule has 0 spiro atoms. The van der Waals surface area contributed by atoms with E-state index in [1.54, 1.807) is 24.0 Å². The van der Waals surface area contributed by atoms with E-state index < -0.39 is 12.0 Å². The zero-order chi connectivity index (χ0) is 22.6. The summed E-state index contributed by atoms with van der Waals surface area (Å²) < 4.78 is 0. The maximum absolute atomic E-state index is 12.9. The van der Waals surface area contributed by atoms with Crippen molar-refractivity contribution in [2.45, 2.75) is 57.9 Å². The van der Waals surface area contributed by atoms with Gasteiger partial charge >= 0.3 is 5.97 Å². The van der Waals surface area contributed by atoms with Crippen LogP contribution in [0.3, 0.4) is 0 Å². The summed E-state index contributed by atoms with van der Waals surface area (Å²) in [4.78, 5) is 38.7. The predicted octanol–water partition coefficient (Wildman–Crippen LogP) is 0.888. The van der Waals surface area contributed by atoms with Gasteiger partial charge in [0.05, 0.1) is 18.4 Å². The molecule has 2 atom stereocenters. The van der Waals surface area contributed by atoms with E-state index in [-0.39, 0.29) is 24.2 Å². The average Bonchev–Trinajstić information content (AvgIpc) is 2.77. The van der Waals surface area contributed by atoms with Crippen LogP contribution in [0, 0.1) is 11.8 Å². The summed E-state index contributed by atoms with van der Waals surface area (Å²) in [6.45, 7) is 4.90. The van der Waals surface area contributed by atoms with Gasteiger partial charge in [-0.1, -0.05) is 12.2 Å².